The van der Waals surface area contributed by atoms with Crippen LogP contribution in [0.2, 0.25) is 0 Å². The van der Waals surface area contributed by atoms with Gasteiger partial charge in [-0.05, 0) is 71.5 Å². The fourth-order valence-corrected chi connectivity index (χ4v) is 7.07. The quantitative estimate of drug-likeness (QED) is 0.585. The zero-order valence-corrected chi connectivity index (χ0v) is 18.0. The molecule has 2 unspecified atom stereocenters. The van der Waals surface area contributed by atoms with Gasteiger partial charge >= 0.3 is 5.97 Å². The Labute approximate surface area is 166 Å². The molecule has 2 atom stereocenters. The van der Waals surface area contributed by atoms with Crippen molar-refractivity contribution in [2.45, 2.75) is 59.8 Å². The summed E-state index contributed by atoms with van der Waals surface area (Å²) < 4.78 is 0. The maximum absolute atomic E-state index is 12.4. The molecule has 4 aliphatic carbocycles. The summed E-state index contributed by atoms with van der Waals surface area (Å²) in [6, 6.07) is 0. The second-order valence-corrected chi connectivity index (χ2v) is 11.4. The molecule has 0 aliphatic heterocycles. The number of hydrogen-bond donors (Lipinski definition) is 2. The number of allylic oxidation sites excluding steroid dienone is 1. The fourth-order valence-electron chi connectivity index (χ4n) is 5.61. The highest BCUT2D eigenvalue weighted by Crippen LogP contribution is 2.64. The molecule has 0 radical (unpaired) electrons. The van der Waals surface area contributed by atoms with Crippen molar-refractivity contribution in [3.63, 3.8) is 0 Å². The molecule has 1 heterocycles. The van der Waals surface area contributed by atoms with E-state index in [0.717, 1.165) is 42.7 Å². The van der Waals surface area contributed by atoms with Crippen LogP contribution in [-0.2, 0) is 12.8 Å². The Bertz CT molecular complexity index is 832. The predicted molar refractivity (Wildman–Crippen MR) is 111 cm³/mol. The molecule has 5 heteroatoms. The topological polar surface area (TPSA) is 66.6 Å². The molecule has 1 aromatic heterocycles. The number of hydrazine groups is 1. The van der Waals surface area contributed by atoms with Gasteiger partial charge in [0.05, 0.1) is 5.56 Å². The average Bonchev–Trinajstić information content (AvgIpc) is 2.91. The number of aryl methyl sites for hydroxylation is 1. The van der Waals surface area contributed by atoms with E-state index in [-0.39, 0.29) is 10.8 Å². The third kappa shape index (κ3) is 2.99. The van der Waals surface area contributed by atoms with Crippen molar-refractivity contribution in [2.24, 2.45) is 28.5 Å². The normalized spacial score (nSPS) is 28.1. The minimum absolute atomic E-state index is 0.178. The molecule has 3 N–H and O–H groups in total. The van der Waals surface area contributed by atoms with E-state index in [0.29, 0.717) is 17.4 Å². The zero-order chi connectivity index (χ0) is 19.7. The summed E-state index contributed by atoms with van der Waals surface area (Å²) in [5.41, 5.74) is 4.81. The van der Waals surface area contributed by atoms with Crippen LogP contribution in [0.4, 0.5) is 0 Å². The summed E-state index contributed by atoms with van der Waals surface area (Å²) in [4.78, 5) is 14.7. The summed E-state index contributed by atoms with van der Waals surface area (Å²) in [5.74, 6) is 6.40. The highest BCUT2D eigenvalue weighted by atomic mass is 32.1. The van der Waals surface area contributed by atoms with Crippen LogP contribution in [0.15, 0.2) is 5.57 Å². The number of carboxylic acids is 1. The molecule has 5 rings (SSSR count). The Kier molecular flexibility index (Phi) is 4.37. The maximum atomic E-state index is 12.4. The van der Waals surface area contributed by atoms with Crippen LogP contribution in [0.5, 0.6) is 0 Å². The van der Waals surface area contributed by atoms with Crippen LogP contribution in [-0.4, -0.2) is 29.7 Å². The molecular formula is C22H32N2O2S. The standard InChI is InChI=1S/C22H32N2O2S/c1-21(2)7-6-16-14(10-21)18(20(25)26)19(27-16)17-12(11-24(5)23)8-13-9-15(17)22(13,3)4/h13,15H,6-11,23H2,1-5H3,(H,25,26). The van der Waals surface area contributed by atoms with E-state index in [1.165, 1.54) is 22.4 Å². The number of likely N-dealkylation sites (N-methyl/N-ethyl adjacent to an activating group) is 1. The lowest BCUT2D eigenvalue weighted by Crippen LogP contribution is -2.50. The highest BCUT2D eigenvalue weighted by Gasteiger charge is 2.54. The first-order valence-electron chi connectivity index (χ1n) is 10.1. The summed E-state index contributed by atoms with van der Waals surface area (Å²) in [6.07, 6.45) is 5.24. The van der Waals surface area contributed by atoms with Gasteiger partial charge in [0.15, 0.2) is 0 Å². The summed E-state index contributed by atoms with van der Waals surface area (Å²) in [7, 11) is 1.90. The first-order chi connectivity index (χ1) is 12.5. The van der Waals surface area contributed by atoms with Gasteiger partial charge in [-0.2, -0.15) is 0 Å². The molecule has 0 aromatic carbocycles. The lowest BCUT2D eigenvalue weighted by molar-refractivity contribution is 0.00601. The molecule has 2 bridgehead atoms. The van der Waals surface area contributed by atoms with Crippen LogP contribution >= 0.6 is 11.3 Å². The van der Waals surface area contributed by atoms with Gasteiger partial charge < -0.3 is 5.11 Å². The second kappa shape index (κ2) is 6.16. The van der Waals surface area contributed by atoms with Gasteiger partial charge in [0.1, 0.15) is 0 Å². The number of fused-ring (bicyclic) bond motifs is 2. The lowest BCUT2D eigenvalue weighted by atomic mass is 9.47. The van der Waals surface area contributed by atoms with Crippen LogP contribution in [0.3, 0.4) is 0 Å². The second-order valence-electron chi connectivity index (χ2n) is 10.3. The van der Waals surface area contributed by atoms with Gasteiger partial charge in [-0.3, -0.25) is 5.84 Å². The van der Waals surface area contributed by atoms with Gasteiger partial charge in [-0.15, -0.1) is 11.3 Å². The molecule has 0 amide bonds. The molecule has 0 saturated heterocycles. The zero-order valence-electron chi connectivity index (χ0n) is 17.2. The van der Waals surface area contributed by atoms with E-state index < -0.39 is 5.97 Å². The van der Waals surface area contributed by atoms with E-state index in [1.807, 2.05) is 7.05 Å². The number of hydrogen-bond acceptors (Lipinski definition) is 4. The number of thiophene rings is 1. The predicted octanol–water partition coefficient (Wildman–Crippen LogP) is 4.59. The molecule has 0 spiro atoms. The Morgan fingerprint density at radius 2 is 2.04 bits per heavy atom. The number of rotatable bonds is 4. The largest absolute Gasteiger partial charge is 0.478 e. The maximum Gasteiger partial charge on any atom is 0.337 e. The van der Waals surface area contributed by atoms with Crippen molar-refractivity contribution in [1.82, 2.24) is 5.01 Å². The number of carbonyl (C=O) groups is 1. The third-order valence-electron chi connectivity index (χ3n) is 7.37. The van der Waals surface area contributed by atoms with E-state index >= 15 is 0 Å². The molecule has 1 fully saturated rings. The highest BCUT2D eigenvalue weighted by molar-refractivity contribution is 7.13. The van der Waals surface area contributed by atoms with Crippen molar-refractivity contribution in [3.8, 4) is 0 Å². The first-order valence-corrected chi connectivity index (χ1v) is 10.9. The third-order valence-corrected chi connectivity index (χ3v) is 8.69. The Balaban J connectivity index is 1.89. The lowest BCUT2D eigenvalue weighted by Gasteiger charge is -2.58. The SMILES string of the molecule is CN(N)CC1=C(c2sc3c(c2C(=O)O)CC(C)(C)CC3)C2CC(C1)C2(C)C. The van der Waals surface area contributed by atoms with Gasteiger partial charge in [-0.1, -0.05) is 27.7 Å². The fraction of sp³-hybridized carbons (Fsp3) is 0.682. The summed E-state index contributed by atoms with van der Waals surface area (Å²) in [6.45, 7) is 9.95. The van der Waals surface area contributed by atoms with Gasteiger partial charge in [-0.25, -0.2) is 9.80 Å². The van der Waals surface area contributed by atoms with Crippen LogP contribution < -0.4 is 5.84 Å². The van der Waals surface area contributed by atoms with Crippen LogP contribution in [0.25, 0.3) is 5.57 Å². The minimum Gasteiger partial charge on any atom is -0.478 e. The van der Waals surface area contributed by atoms with E-state index in [4.69, 9.17) is 5.84 Å². The van der Waals surface area contributed by atoms with E-state index in [2.05, 4.69) is 27.7 Å². The number of nitrogens with zero attached hydrogens (tertiary/aromatic N) is 1. The molecule has 27 heavy (non-hydrogen) atoms. The first kappa shape index (κ1) is 19.2. The van der Waals surface area contributed by atoms with Crippen LogP contribution in [0.1, 0.15) is 72.6 Å². The van der Waals surface area contributed by atoms with Gasteiger partial charge in [0, 0.05) is 23.3 Å². The van der Waals surface area contributed by atoms with Crippen molar-refractivity contribution in [2.75, 3.05) is 13.6 Å². The van der Waals surface area contributed by atoms with Crippen molar-refractivity contribution >= 4 is 22.9 Å². The van der Waals surface area contributed by atoms with Crippen molar-refractivity contribution in [1.29, 1.82) is 0 Å². The summed E-state index contributed by atoms with van der Waals surface area (Å²) in [5, 5.41) is 11.9. The Morgan fingerprint density at radius 3 is 2.63 bits per heavy atom. The molecule has 4 nitrogen and oxygen atoms in total. The molecule has 4 aliphatic rings. The molecule has 1 aromatic rings. The number of aromatic carboxylic acids is 1. The Hall–Kier alpha value is -1.17. The Morgan fingerprint density at radius 1 is 1.33 bits per heavy atom. The monoisotopic (exact) mass is 388 g/mol. The van der Waals surface area contributed by atoms with Crippen molar-refractivity contribution in [3.05, 3.63) is 26.5 Å². The molecule has 1 saturated carbocycles. The molecule has 148 valence electrons. The smallest absolute Gasteiger partial charge is 0.337 e. The van der Waals surface area contributed by atoms with E-state index in [1.54, 1.807) is 16.3 Å². The van der Waals surface area contributed by atoms with E-state index in [9.17, 15) is 9.90 Å². The molecular weight excluding hydrogens is 356 g/mol. The number of carboxylic acid groups (broad SMARTS) is 1. The van der Waals surface area contributed by atoms with Crippen molar-refractivity contribution < 1.29 is 9.90 Å². The minimum atomic E-state index is -0.757. The van der Waals surface area contributed by atoms with Gasteiger partial charge in [0.2, 0.25) is 0 Å². The summed E-state index contributed by atoms with van der Waals surface area (Å²) >= 11 is 1.76. The number of nitrogens with two attached hydrogens (primary N) is 1. The van der Waals surface area contributed by atoms with Crippen LogP contribution in [0, 0.1) is 22.7 Å². The van der Waals surface area contributed by atoms with Gasteiger partial charge in [0.25, 0.3) is 0 Å². The average molecular weight is 389 g/mol.